The molecule has 2 fully saturated rings. The Balaban J connectivity index is 1.37. The van der Waals surface area contributed by atoms with E-state index in [1.807, 2.05) is 23.1 Å². The van der Waals surface area contributed by atoms with Crippen LogP contribution in [0.5, 0.6) is 0 Å². The fraction of sp³-hybridized carbons (Fsp3) is 0.348. The predicted octanol–water partition coefficient (Wildman–Crippen LogP) is 2.25. The first-order chi connectivity index (χ1) is 15.4. The van der Waals surface area contributed by atoms with Gasteiger partial charge in [0.2, 0.25) is 5.91 Å². The van der Waals surface area contributed by atoms with Gasteiger partial charge in [-0.2, -0.15) is 0 Å². The van der Waals surface area contributed by atoms with Crippen molar-refractivity contribution in [3.63, 3.8) is 0 Å². The van der Waals surface area contributed by atoms with Gasteiger partial charge in [0.05, 0.1) is 24.5 Å². The molecule has 2 aliphatic rings. The van der Waals surface area contributed by atoms with Crippen molar-refractivity contribution < 1.29 is 23.5 Å². The van der Waals surface area contributed by atoms with E-state index >= 15 is 0 Å². The number of hydrogen-bond acceptors (Lipinski definition) is 5. The minimum absolute atomic E-state index is 0.0255. The van der Waals surface area contributed by atoms with Crippen LogP contribution in [0.15, 0.2) is 48.5 Å². The molecule has 0 saturated carbocycles. The van der Waals surface area contributed by atoms with Crippen LogP contribution >= 0.6 is 0 Å². The molecular weight excluding hydrogens is 415 g/mol. The van der Waals surface area contributed by atoms with Crippen molar-refractivity contribution in [2.75, 3.05) is 49.1 Å². The van der Waals surface area contributed by atoms with E-state index in [2.05, 4.69) is 5.32 Å². The van der Waals surface area contributed by atoms with Crippen molar-refractivity contribution in [1.29, 1.82) is 0 Å². The summed E-state index contributed by atoms with van der Waals surface area (Å²) in [5, 5.41) is 2.61. The van der Waals surface area contributed by atoms with Crippen LogP contribution in [0.25, 0.3) is 0 Å². The summed E-state index contributed by atoms with van der Waals surface area (Å²) in [5.74, 6) is -0.675. The van der Waals surface area contributed by atoms with Gasteiger partial charge in [0.15, 0.2) is 0 Å². The molecule has 32 heavy (non-hydrogen) atoms. The Morgan fingerprint density at radius 3 is 2.47 bits per heavy atom. The van der Waals surface area contributed by atoms with E-state index in [0.717, 1.165) is 0 Å². The molecular formula is C23H25FN4O4. The van der Waals surface area contributed by atoms with Crippen LogP contribution in [0.4, 0.5) is 20.6 Å². The topological polar surface area (TPSA) is 82.2 Å². The molecule has 0 radical (unpaired) electrons. The SMILES string of the molecule is CC(=O)NC[C@H]1CN(c2ccc(N3CCN(C(=O)c4ccccc4)CC3)c(F)c2)C(=O)O1. The second-order valence-electron chi connectivity index (χ2n) is 7.83. The molecule has 1 N–H and O–H groups in total. The van der Waals surface area contributed by atoms with Gasteiger partial charge in [-0.15, -0.1) is 0 Å². The lowest BCUT2D eigenvalue weighted by molar-refractivity contribution is -0.119. The summed E-state index contributed by atoms with van der Waals surface area (Å²) in [6, 6.07) is 13.8. The number of piperazine rings is 1. The molecule has 0 bridgehead atoms. The van der Waals surface area contributed by atoms with Crippen molar-refractivity contribution in [3.05, 3.63) is 59.9 Å². The summed E-state index contributed by atoms with van der Waals surface area (Å²) in [5.41, 5.74) is 1.48. The first kappa shape index (κ1) is 21.6. The third kappa shape index (κ3) is 4.66. The number of rotatable bonds is 5. The Hall–Kier alpha value is -3.62. The zero-order valence-electron chi connectivity index (χ0n) is 17.8. The Kier molecular flexibility index (Phi) is 6.25. The van der Waals surface area contributed by atoms with E-state index in [1.54, 1.807) is 29.2 Å². The lowest BCUT2D eigenvalue weighted by atomic mass is 10.1. The maximum atomic E-state index is 14.9. The molecule has 8 nitrogen and oxygen atoms in total. The van der Waals surface area contributed by atoms with Crippen molar-refractivity contribution >= 4 is 29.3 Å². The van der Waals surface area contributed by atoms with E-state index in [0.29, 0.717) is 43.1 Å². The van der Waals surface area contributed by atoms with Crippen molar-refractivity contribution in [2.24, 2.45) is 0 Å². The fourth-order valence-electron chi connectivity index (χ4n) is 3.93. The van der Waals surface area contributed by atoms with E-state index < -0.39 is 18.0 Å². The Labute approximate surface area is 185 Å². The molecule has 3 amide bonds. The summed E-state index contributed by atoms with van der Waals surface area (Å²) in [4.78, 5) is 40.9. The normalized spacial score (nSPS) is 18.5. The van der Waals surface area contributed by atoms with Gasteiger partial charge in [0.25, 0.3) is 5.91 Å². The second kappa shape index (κ2) is 9.25. The minimum atomic E-state index is -0.569. The van der Waals surface area contributed by atoms with Crippen LogP contribution in [0, 0.1) is 5.82 Å². The predicted molar refractivity (Wildman–Crippen MR) is 117 cm³/mol. The highest BCUT2D eigenvalue weighted by Gasteiger charge is 2.33. The van der Waals surface area contributed by atoms with Gasteiger partial charge >= 0.3 is 6.09 Å². The van der Waals surface area contributed by atoms with E-state index in [-0.39, 0.29) is 24.9 Å². The highest BCUT2D eigenvalue weighted by Crippen LogP contribution is 2.28. The second-order valence-corrected chi connectivity index (χ2v) is 7.83. The Bertz CT molecular complexity index is 1010. The number of anilines is 2. The van der Waals surface area contributed by atoms with Gasteiger partial charge < -0.3 is 19.9 Å². The average Bonchev–Trinajstić information content (AvgIpc) is 3.18. The first-order valence-corrected chi connectivity index (χ1v) is 10.5. The van der Waals surface area contributed by atoms with Crippen molar-refractivity contribution in [3.8, 4) is 0 Å². The van der Waals surface area contributed by atoms with Gasteiger partial charge in [-0.25, -0.2) is 9.18 Å². The number of hydrogen-bond donors (Lipinski definition) is 1. The third-order valence-electron chi connectivity index (χ3n) is 5.62. The van der Waals surface area contributed by atoms with E-state index in [4.69, 9.17) is 4.74 Å². The van der Waals surface area contributed by atoms with Gasteiger partial charge in [0.1, 0.15) is 11.9 Å². The molecule has 2 heterocycles. The number of nitrogens with one attached hydrogen (secondary N) is 1. The number of nitrogens with zero attached hydrogens (tertiary/aromatic N) is 3. The number of halogens is 1. The third-order valence-corrected chi connectivity index (χ3v) is 5.62. The summed E-state index contributed by atoms with van der Waals surface area (Å²) < 4.78 is 20.2. The Morgan fingerprint density at radius 1 is 1.09 bits per heavy atom. The van der Waals surface area contributed by atoms with Gasteiger partial charge in [0, 0.05) is 38.7 Å². The molecule has 0 unspecified atom stereocenters. The van der Waals surface area contributed by atoms with Crippen LogP contribution in [-0.4, -0.2) is 68.2 Å². The quantitative estimate of drug-likeness (QED) is 0.771. The Morgan fingerprint density at radius 2 is 1.81 bits per heavy atom. The minimum Gasteiger partial charge on any atom is -0.442 e. The summed E-state index contributed by atoms with van der Waals surface area (Å²) >= 11 is 0. The smallest absolute Gasteiger partial charge is 0.414 e. The molecule has 0 spiro atoms. The standard InChI is InChI=1S/C23H25FN4O4/c1-16(29)25-14-19-15-28(23(31)32-19)18-7-8-21(20(24)13-18)26-9-11-27(12-10-26)22(30)17-5-3-2-4-6-17/h2-8,13,19H,9-12,14-15H2,1H3,(H,25,29)/t19-/m0/s1. The van der Waals surface area contributed by atoms with Crippen molar-refractivity contribution in [2.45, 2.75) is 13.0 Å². The summed E-state index contributed by atoms with van der Waals surface area (Å²) in [6.45, 7) is 3.86. The number of amides is 3. The van der Waals surface area contributed by atoms with Gasteiger partial charge in [-0.05, 0) is 30.3 Å². The average molecular weight is 440 g/mol. The summed E-state index contributed by atoms with van der Waals surface area (Å²) in [6.07, 6.45) is -1.05. The van der Waals surface area contributed by atoms with Gasteiger partial charge in [-0.3, -0.25) is 14.5 Å². The zero-order valence-corrected chi connectivity index (χ0v) is 17.8. The monoisotopic (exact) mass is 440 g/mol. The number of carbonyl (C=O) groups excluding carboxylic acids is 3. The fourth-order valence-corrected chi connectivity index (χ4v) is 3.93. The highest BCUT2D eigenvalue weighted by molar-refractivity contribution is 5.94. The largest absolute Gasteiger partial charge is 0.442 e. The maximum absolute atomic E-state index is 14.9. The molecule has 1 atom stereocenters. The molecule has 0 aromatic heterocycles. The summed E-state index contributed by atoms with van der Waals surface area (Å²) in [7, 11) is 0. The molecule has 168 valence electrons. The van der Waals surface area contributed by atoms with Crippen LogP contribution in [0.2, 0.25) is 0 Å². The molecule has 0 aliphatic carbocycles. The molecule has 2 aromatic carbocycles. The molecule has 2 aliphatic heterocycles. The highest BCUT2D eigenvalue weighted by atomic mass is 19.1. The lowest BCUT2D eigenvalue weighted by Crippen LogP contribution is -2.49. The molecule has 2 saturated heterocycles. The maximum Gasteiger partial charge on any atom is 0.414 e. The zero-order chi connectivity index (χ0) is 22.7. The van der Waals surface area contributed by atoms with Gasteiger partial charge in [-0.1, -0.05) is 18.2 Å². The van der Waals surface area contributed by atoms with Crippen LogP contribution in [0.3, 0.4) is 0 Å². The number of cyclic esters (lactones) is 1. The van der Waals surface area contributed by atoms with Crippen LogP contribution in [0.1, 0.15) is 17.3 Å². The van der Waals surface area contributed by atoms with E-state index in [9.17, 15) is 18.8 Å². The first-order valence-electron chi connectivity index (χ1n) is 10.5. The number of benzene rings is 2. The van der Waals surface area contributed by atoms with Crippen molar-refractivity contribution in [1.82, 2.24) is 10.2 Å². The molecule has 2 aromatic rings. The van der Waals surface area contributed by atoms with Crippen LogP contribution in [-0.2, 0) is 9.53 Å². The number of carbonyl (C=O) groups is 3. The van der Waals surface area contributed by atoms with Crippen LogP contribution < -0.4 is 15.1 Å². The van der Waals surface area contributed by atoms with E-state index in [1.165, 1.54) is 17.9 Å². The molecule has 4 rings (SSSR count). The number of ether oxygens (including phenoxy) is 1. The molecule has 9 heteroatoms. The lowest BCUT2D eigenvalue weighted by Gasteiger charge is -2.36.